The highest BCUT2D eigenvalue weighted by atomic mass is 16.5. The van der Waals surface area contributed by atoms with Gasteiger partial charge in [0.1, 0.15) is 6.61 Å². The Hall–Kier alpha value is -1.32. The van der Waals surface area contributed by atoms with Crippen LogP contribution in [0.1, 0.15) is 34.1 Å². The first-order valence-electron chi connectivity index (χ1n) is 5.34. The van der Waals surface area contributed by atoms with Crippen molar-refractivity contribution in [3.8, 4) is 0 Å². The average Bonchev–Trinajstić information content (AvgIpc) is 2.20. The Morgan fingerprint density at radius 1 is 1.12 bits per heavy atom. The van der Waals surface area contributed by atoms with Gasteiger partial charge in [-0.1, -0.05) is 13.0 Å². The first-order valence-corrected chi connectivity index (χ1v) is 5.34. The van der Waals surface area contributed by atoms with Gasteiger partial charge in [-0.3, -0.25) is 9.59 Å². The highest BCUT2D eigenvalue weighted by Crippen LogP contribution is 2.06. The molecule has 0 N–H and O–H groups in total. The second-order valence-corrected chi connectivity index (χ2v) is 3.97. The van der Waals surface area contributed by atoms with E-state index in [1.807, 2.05) is 19.9 Å². The van der Waals surface area contributed by atoms with E-state index in [9.17, 15) is 9.59 Å². The highest BCUT2D eigenvalue weighted by molar-refractivity contribution is 5.66. The van der Waals surface area contributed by atoms with E-state index in [2.05, 4.69) is 0 Å². The molecule has 0 unspecified atom stereocenters. The molecule has 4 heteroatoms. The Kier molecular flexibility index (Phi) is 7.25. The summed E-state index contributed by atoms with van der Waals surface area (Å²) in [7, 11) is 0. The molecular weight excluding hydrogens is 208 g/mol. The molecule has 0 aliphatic carbocycles. The van der Waals surface area contributed by atoms with Gasteiger partial charge >= 0.3 is 11.9 Å². The smallest absolute Gasteiger partial charge is 0.302 e. The van der Waals surface area contributed by atoms with Gasteiger partial charge in [0.15, 0.2) is 0 Å². The number of esters is 2. The molecule has 0 saturated carbocycles. The maximum atomic E-state index is 10.6. The standard InChI is InChI=1S/C12H20O4/c1-9(7-15-11(3)13)5-6-10(2)8-16-12(4)14/h5,10H,6-8H2,1-4H3/b9-5-/t10-/m0/s1. The van der Waals surface area contributed by atoms with Gasteiger partial charge in [-0.15, -0.1) is 0 Å². The van der Waals surface area contributed by atoms with Crippen molar-refractivity contribution in [2.24, 2.45) is 5.92 Å². The van der Waals surface area contributed by atoms with Crippen molar-refractivity contribution in [1.29, 1.82) is 0 Å². The van der Waals surface area contributed by atoms with E-state index in [1.54, 1.807) is 0 Å². The lowest BCUT2D eigenvalue weighted by Gasteiger charge is -2.09. The monoisotopic (exact) mass is 228 g/mol. The Morgan fingerprint density at radius 3 is 2.19 bits per heavy atom. The molecule has 0 aliphatic heterocycles. The molecule has 0 aromatic carbocycles. The van der Waals surface area contributed by atoms with Crippen LogP contribution in [0.15, 0.2) is 11.6 Å². The lowest BCUT2D eigenvalue weighted by molar-refractivity contribution is -0.142. The Bertz CT molecular complexity index is 268. The minimum Gasteiger partial charge on any atom is -0.466 e. The summed E-state index contributed by atoms with van der Waals surface area (Å²) in [5.41, 5.74) is 1.00. The van der Waals surface area contributed by atoms with Crippen molar-refractivity contribution in [3.63, 3.8) is 0 Å². The van der Waals surface area contributed by atoms with Gasteiger partial charge in [-0.05, 0) is 24.8 Å². The second-order valence-electron chi connectivity index (χ2n) is 3.97. The summed E-state index contributed by atoms with van der Waals surface area (Å²) >= 11 is 0. The van der Waals surface area contributed by atoms with Crippen LogP contribution in [-0.4, -0.2) is 25.2 Å². The number of allylic oxidation sites excluding steroid dienone is 1. The zero-order chi connectivity index (χ0) is 12.6. The molecule has 0 aliphatic rings. The van der Waals surface area contributed by atoms with Gasteiger partial charge in [0.25, 0.3) is 0 Å². The highest BCUT2D eigenvalue weighted by Gasteiger charge is 2.03. The largest absolute Gasteiger partial charge is 0.466 e. The SMILES string of the molecule is CC(=O)OC/C(C)=C\C[C@H](C)COC(C)=O. The summed E-state index contributed by atoms with van der Waals surface area (Å²) in [6.45, 7) is 7.44. The van der Waals surface area contributed by atoms with Crippen LogP contribution in [0.2, 0.25) is 0 Å². The van der Waals surface area contributed by atoms with Crippen LogP contribution in [0.5, 0.6) is 0 Å². The van der Waals surface area contributed by atoms with Crippen molar-refractivity contribution >= 4 is 11.9 Å². The van der Waals surface area contributed by atoms with Crippen molar-refractivity contribution < 1.29 is 19.1 Å². The molecule has 0 heterocycles. The van der Waals surface area contributed by atoms with Gasteiger partial charge in [0.2, 0.25) is 0 Å². The van der Waals surface area contributed by atoms with E-state index in [1.165, 1.54) is 13.8 Å². The third kappa shape index (κ3) is 9.24. The van der Waals surface area contributed by atoms with E-state index in [-0.39, 0.29) is 17.9 Å². The van der Waals surface area contributed by atoms with Crippen LogP contribution in [-0.2, 0) is 19.1 Å². The fourth-order valence-corrected chi connectivity index (χ4v) is 1.00. The molecule has 0 amide bonds. The molecule has 0 aromatic rings. The lowest BCUT2D eigenvalue weighted by atomic mass is 10.1. The van der Waals surface area contributed by atoms with Crippen LogP contribution in [0.25, 0.3) is 0 Å². The molecule has 0 bridgehead atoms. The minimum absolute atomic E-state index is 0.257. The summed E-state index contributed by atoms with van der Waals surface area (Å²) in [4.78, 5) is 21.1. The molecular formula is C12H20O4. The number of ether oxygens (including phenoxy) is 2. The first-order chi connectivity index (χ1) is 7.41. The molecule has 4 nitrogen and oxygen atoms in total. The molecule has 0 saturated heterocycles. The molecule has 16 heavy (non-hydrogen) atoms. The van der Waals surface area contributed by atoms with Crippen molar-refractivity contribution in [2.75, 3.05) is 13.2 Å². The Morgan fingerprint density at radius 2 is 1.69 bits per heavy atom. The molecule has 0 radical (unpaired) electrons. The minimum atomic E-state index is -0.277. The predicted molar refractivity (Wildman–Crippen MR) is 60.8 cm³/mol. The molecule has 92 valence electrons. The van der Waals surface area contributed by atoms with Gasteiger partial charge in [-0.2, -0.15) is 0 Å². The fourth-order valence-electron chi connectivity index (χ4n) is 1.00. The lowest BCUT2D eigenvalue weighted by Crippen LogP contribution is -2.09. The van der Waals surface area contributed by atoms with E-state index in [0.29, 0.717) is 13.2 Å². The summed E-state index contributed by atoms with van der Waals surface area (Å²) < 4.78 is 9.72. The topological polar surface area (TPSA) is 52.6 Å². The van der Waals surface area contributed by atoms with E-state index in [0.717, 1.165) is 12.0 Å². The van der Waals surface area contributed by atoms with Crippen LogP contribution >= 0.6 is 0 Å². The Labute approximate surface area is 96.6 Å². The molecule has 0 spiro atoms. The third-order valence-corrected chi connectivity index (χ3v) is 1.94. The average molecular weight is 228 g/mol. The van der Waals surface area contributed by atoms with E-state index in [4.69, 9.17) is 9.47 Å². The Balaban J connectivity index is 3.78. The van der Waals surface area contributed by atoms with Crippen molar-refractivity contribution in [3.05, 3.63) is 11.6 Å². The number of carbonyl (C=O) groups is 2. The van der Waals surface area contributed by atoms with E-state index < -0.39 is 0 Å². The second kappa shape index (κ2) is 7.91. The zero-order valence-corrected chi connectivity index (χ0v) is 10.4. The van der Waals surface area contributed by atoms with Gasteiger partial charge in [0, 0.05) is 13.8 Å². The number of carbonyl (C=O) groups excluding carboxylic acids is 2. The number of hydrogen-bond acceptors (Lipinski definition) is 4. The maximum absolute atomic E-state index is 10.6. The van der Waals surface area contributed by atoms with Crippen LogP contribution < -0.4 is 0 Å². The van der Waals surface area contributed by atoms with Gasteiger partial charge < -0.3 is 9.47 Å². The third-order valence-electron chi connectivity index (χ3n) is 1.94. The van der Waals surface area contributed by atoms with E-state index >= 15 is 0 Å². The summed E-state index contributed by atoms with van der Waals surface area (Å²) in [5, 5.41) is 0. The fraction of sp³-hybridized carbons (Fsp3) is 0.667. The predicted octanol–water partition coefficient (Wildman–Crippen LogP) is 2.09. The molecule has 0 aromatic heterocycles. The number of rotatable bonds is 6. The van der Waals surface area contributed by atoms with Gasteiger partial charge in [-0.25, -0.2) is 0 Å². The van der Waals surface area contributed by atoms with Gasteiger partial charge in [0.05, 0.1) is 6.61 Å². The molecule has 0 fully saturated rings. The quantitative estimate of drug-likeness (QED) is 0.516. The van der Waals surface area contributed by atoms with Crippen molar-refractivity contribution in [2.45, 2.75) is 34.1 Å². The zero-order valence-electron chi connectivity index (χ0n) is 10.4. The summed E-state index contributed by atoms with van der Waals surface area (Å²) in [6, 6.07) is 0. The summed E-state index contributed by atoms with van der Waals surface area (Å²) in [6.07, 6.45) is 2.80. The normalized spacial score (nSPS) is 13.1. The van der Waals surface area contributed by atoms with Crippen LogP contribution in [0, 0.1) is 5.92 Å². The number of hydrogen-bond donors (Lipinski definition) is 0. The summed E-state index contributed by atoms with van der Waals surface area (Å²) in [5.74, 6) is -0.260. The molecule has 1 atom stereocenters. The molecule has 0 rings (SSSR count). The van der Waals surface area contributed by atoms with Crippen LogP contribution in [0.4, 0.5) is 0 Å². The first kappa shape index (κ1) is 14.7. The maximum Gasteiger partial charge on any atom is 0.302 e. The van der Waals surface area contributed by atoms with Crippen LogP contribution in [0.3, 0.4) is 0 Å². The van der Waals surface area contributed by atoms with Crippen molar-refractivity contribution in [1.82, 2.24) is 0 Å².